The lowest BCUT2D eigenvalue weighted by molar-refractivity contribution is -0.138. The first-order valence-corrected chi connectivity index (χ1v) is 5.12. The van der Waals surface area contributed by atoms with Gasteiger partial charge in [-0.05, 0) is 12.3 Å². The minimum Gasteiger partial charge on any atom is -0.480 e. The van der Waals surface area contributed by atoms with E-state index in [1.807, 2.05) is 13.8 Å². The van der Waals surface area contributed by atoms with Crippen molar-refractivity contribution in [3.8, 4) is 0 Å². The first-order chi connectivity index (χ1) is 6.04. The van der Waals surface area contributed by atoms with Crippen LogP contribution < -0.4 is 18.0 Å². The van der Waals surface area contributed by atoms with Gasteiger partial charge >= 0.3 is 16.4 Å². The van der Waals surface area contributed by atoms with Gasteiger partial charge in [-0.2, -0.15) is 8.42 Å². The molecule has 0 spiro atoms. The topological polar surface area (TPSA) is 208 Å². The highest BCUT2D eigenvalue weighted by Crippen LogP contribution is 2.01. The second-order valence-electron chi connectivity index (χ2n) is 3.02. The fraction of sp³-hybridized carbons (Fsp3) is 0.833. The van der Waals surface area contributed by atoms with Gasteiger partial charge in [0.05, 0.1) is 0 Å². The van der Waals surface area contributed by atoms with Crippen LogP contribution in [0.3, 0.4) is 0 Å². The molecule has 1 atom stereocenters. The standard InChI is InChI=1S/C6H13NO2.2H3N.H2O4S/c1-4(2)3-5(7)6(8)9;;;1-5(2,3)4/h4-5H,3,7H2,1-2H3,(H,8,9);2*1H3;(H2,1,2,3,4)/t5-;;;/m0.../s1. The first-order valence-electron chi connectivity index (χ1n) is 3.72. The Morgan fingerprint density at radius 1 is 1.25 bits per heavy atom. The van der Waals surface area contributed by atoms with Gasteiger partial charge in [0.25, 0.3) is 0 Å². The maximum absolute atomic E-state index is 10.1. The Morgan fingerprint density at radius 3 is 1.56 bits per heavy atom. The largest absolute Gasteiger partial charge is 0.480 e. The number of nitrogens with two attached hydrogens (primary N) is 1. The van der Waals surface area contributed by atoms with Crippen molar-refractivity contribution in [2.24, 2.45) is 11.7 Å². The quantitative estimate of drug-likeness (QED) is 0.381. The van der Waals surface area contributed by atoms with E-state index >= 15 is 0 Å². The number of rotatable bonds is 3. The van der Waals surface area contributed by atoms with Crippen molar-refractivity contribution in [3.05, 3.63) is 0 Å². The second-order valence-corrected chi connectivity index (χ2v) is 3.92. The summed E-state index contributed by atoms with van der Waals surface area (Å²) in [4.78, 5) is 10.1. The van der Waals surface area contributed by atoms with E-state index in [4.69, 9.17) is 28.4 Å². The molecule has 0 aliphatic carbocycles. The highest BCUT2D eigenvalue weighted by atomic mass is 32.3. The summed E-state index contributed by atoms with van der Waals surface area (Å²) in [5, 5.41) is 8.31. The Bertz CT molecular complexity index is 257. The van der Waals surface area contributed by atoms with E-state index in [0.29, 0.717) is 12.3 Å². The fourth-order valence-electron chi connectivity index (χ4n) is 0.609. The summed E-state index contributed by atoms with van der Waals surface area (Å²) in [6.45, 7) is 3.89. The van der Waals surface area contributed by atoms with Crippen LogP contribution in [0.4, 0.5) is 0 Å². The SMILES string of the molecule is CC(C)C[C@H](N)C(=O)O.N.N.O=S(=O)(O)O. The van der Waals surface area contributed by atoms with Gasteiger partial charge in [0.1, 0.15) is 6.04 Å². The van der Waals surface area contributed by atoms with Crippen molar-refractivity contribution >= 4 is 16.4 Å². The average molecular weight is 263 g/mol. The van der Waals surface area contributed by atoms with Crippen molar-refractivity contribution in [1.82, 2.24) is 12.3 Å². The molecule has 0 bridgehead atoms. The van der Waals surface area contributed by atoms with Crippen LogP contribution >= 0.6 is 0 Å². The van der Waals surface area contributed by atoms with E-state index in [9.17, 15) is 4.79 Å². The summed E-state index contributed by atoms with van der Waals surface area (Å²) in [5.74, 6) is -0.556. The van der Waals surface area contributed by atoms with E-state index in [-0.39, 0.29) is 12.3 Å². The normalized spacial score (nSPS) is 11.4. The molecule has 0 rings (SSSR count). The van der Waals surface area contributed by atoms with Crippen LogP contribution in [0.15, 0.2) is 0 Å². The van der Waals surface area contributed by atoms with Gasteiger partial charge in [-0.1, -0.05) is 13.8 Å². The third kappa shape index (κ3) is 37.9. The smallest absolute Gasteiger partial charge is 0.394 e. The lowest BCUT2D eigenvalue weighted by Gasteiger charge is -2.07. The molecule has 0 radical (unpaired) electrons. The molecular weight excluding hydrogens is 242 g/mol. The zero-order valence-electron chi connectivity index (χ0n) is 9.33. The molecule has 0 aromatic carbocycles. The number of carboxylic acids is 1. The Kier molecular flexibility index (Phi) is 16.4. The zero-order chi connectivity index (χ0) is 11.9. The molecule has 0 aliphatic rings. The van der Waals surface area contributed by atoms with Crippen LogP contribution in [0.25, 0.3) is 0 Å². The molecule has 10 heteroatoms. The Labute approximate surface area is 94.8 Å². The predicted molar refractivity (Wildman–Crippen MR) is 59.3 cm³/mol. The van der Waals surface area contributed by atoms with Gasteiger partial charge in [0.2, 0.25) is 0 Å². The van der Waals surface area contributed by atoms with E-state index in [0.717, 1.165) is 0 Å². The van der Waals surface area contributed by atoms with Gasteiger partial charge < -0.3 is 23.1 Å². The Hall–Kier alpha value is -0.780. The molecule has 0 saturated carbocycles. The third-order valence-electron chi connectivity index (χ3n) is 1.04. The zero-order valence-corrected chi connectivity index (χ0v) is 10.1. The number of carbonyl (C=O) groups is 1. The van der Waals surface area contributed by atoms with Crippen molar-refractivity contribution < 1.29 is 27.4 Å². The molecule has 0 fully saturated rings. The molecule has 0 aliphatic heterocycles. The summed E-state index contributed by atoms with van der Waals surface area (Å²) in [5.41, 5.74) is 5.22. The summed E-state index contributed by atoms with van der Waals surface area (Å²) >= 11 is 0. The van der Waals surface area contributed by atoms with E-state index in [2.05, 4.69) is 0 Å². The second kappa shape index (κ2) is 10.7. The predicted octanol–water partition coefficient (Wildman–Crippen LogP) is 0.116. The van der Waals surface area contributed by atoms with Crippen LogP contribution in [0.1, 0.15) is 20.3 Å². The van der Waals surface area contributed by atoms with Gasteiger partial charge in [-0.3, -0.25) is 13.9 Å². The van der Waals surface area contributed by atoms with Gasteiger partial charge in [0, 0.05) is 0 Å². The van der Waals surface area contributed by atoms with E-state index in [1.165, 1.54) is 0 Å². The minimum absolute atomic E-state index is 0. The van der Waals surface area contributed by atoms with Gasteiger partial charge in [0.15, 0.2) is 0 Å². The molecule has 9 nitrogen and oxygen atoms in total. The molecule has 0 aromatic heterocycles. The average Bonchev–Trinajstić information content (AvgIpc) is 1.80. The Balaban J connectivity index is -0.0000000904. The van der Waals surface area contributed by atoms with Crippen molar-refractivity contribution in [1.29, 1.82) is 0 Å². The maximum atomic E-state index is 10.1. The van der Waals surface area contributed by atoms with Crippen LogP contribution in [-0.4, -0.2) is 34.6 Å². The van der Waals surface area contributed by atoms with Crippen LogP contribution in [-0.2, 0) is 15.2 Å². The molecule has 16 heavy (non-hydrogen) atoms. The van der Waals surface area contributed by atoms with Gasteiger partial charge in [-0.25, -0.2) is 0 Å². The number of carboxylic acid groups (broad SMARTS) is 1. The molecule has 0 heterocycles. The lowest BCUT2D eigenvalue weighted by atomic mass is 10.1. The van der Waals surface area contributed by atoms with Gasteiger partial charge in [-0.15, -0.1) is 0 Å². The minimum atomic E-state index is -4.67. The number of hydrogen-bond donors (Lipinski definition) is 6. The fourth-order valence-corrected chi connectivity index (χ4v) is 0.609. The number of aliphatic carboxylic acids is 1. The third-order valence-corrected chi connectivity index (χ3v) is 1.04. The molecule has 0 saturated heterocycles. The van der Waals surface area contributed by atoms with Crippen molar-refractivity contribution in [2.75, 3.05) is 0 Å². The van der Waals surface area contributed by atoms with Crippen LogP contribution in [0, 0.1) is 5.92 Å². The summed E-state index contributed by atoms with van der Waals surface area (Å²) < 4.78 is 31.6. The maximum Gasteiger partial charge on any atom is 0.394 e. The summed E-state index contributed by atoms with van der Waals surface area (Å²) in [6, 6.07) is -0.690. The molecule has 0 aromatic rings. The first kappa shape index (κ1) is 24.4. The Morgan fingerprint density at radius 2 is 1.50 bits per heavy atom. The number of hydrogen-bond acceptors (Lipinski definition) is 6. The summed E-state index contributed by atoms with van der Waals surface area (Å²) in [7, 11) is -4.67. The van der Waals surface area contributed by atoms with Crippen molar-refractivity contribution in [3.63, 3.8) is 0 Å². The highest BCUT2D eigenvalue weighted by Gasteiger charge is 2.11. The summed E-state index contributed by atoms with van der Waals surface area (Å²) in [6.07, 6.45) is 0.551. The van der Waals surface area contributed by atoms with Crippen molar-refractivity contribution in [2.45, 2.75) is 26.3 Å². The molecule has 11 N–H and O–H groups in total. The molecule has 0 amide bonds. The molecule has 102 valence electrons. The molecule has 0 unspecified atom stereocenters. The lowest BCUT2D eigenvalue weighted by Crippen LogP contribution is -2.31. The monoisotopic (exact) mass is 263 g/mol. The van der Waals surface area contributed by atoms with E-state index in [1.54, 1.807) is 0 Å². The van der Waals surface area contributed by atoms with Crippen LogP contribution in [0.5, 0.6) is 0 Å². The van der Waals surface area contributed by atoms with Crippen LogP contribution in [0.2, 0.25) is 0 Å². The molecular formula is C6H21N3O6S. The van der Waals surface area contributed by atoms with E-state index < -0.39 is 22.4 Å². The highest BCUT2D eigenvalue weighted by molar-refractivity contribution is 7.79.